The predicted octanol–water partition coefficient (Wildman–Crippen LogP) is 2.36. The zero-order valence-electron chi connectivity index (χ0n) is 13.9. The molecule has 21 heavy (non-hydrogen) atoms. The van der Waals surface area contributed by atoms with E-state index in [-0.39, 0.29) is 18.3 Å². The van der Waals surface area contributed by atoms with Gasteiger partial charge in [-0.3, -0.25) is 0 Å². The molecule has 0 spiro atoms. The molecule has 3 nitrogen and oxygen atoms in total. The maximum atomic E-state index is 6.28. The standard InChI is InChI=1S/C17H26BNO2/c1-6-17(4)16(2,3)20-18(21-17)15-8-7-14-12-19(5)10-9-13(14)11-15/h7-8,11H,6,9-10,12H2,1-5H3. The van der Waals surface area contributed by atoms with Crippen LogP contribution in [0.4, 0.5) is 0 Å². The second-order valence-electron chi connectivity index (χ2n) is 7.18. The summed E-state index contributed by atoms with van der Waals surface area (Å²) in [5.41, 5.74) is 3.54. The summed E-state index contributed by atoms with van der Waals surface area (Å²) in [4.78, 5) is 2.36. The number of likely N-dealkylation sites (N-methyl/N-ethyl adjacent to an activating group) is 1. The highest BCUT2D eigenvalue weighted by atomic mass is 16.7. The lowest BCUT2D eigenvalue weighted by atomic mass is 9.77. The van der Waals surface area contributed by atoms with Gasteiger partial charge in [-0.1, -0.05) is 25.1 Å². The van der Waals surface area contributed by atoms with E-state index in [0.717, 1.165) is 31.4 Å². The monoisotopic (exact) mass is 287 g/mol. The molecule has 2 aliphatic heterocycles. The molecule has 1 atom stereocenters. The Morgan fingerprint density at radius 2 is 1.95 bits per heavy atom. The van der Waals surface area contributed by atoms with E-state index in [1.54, 1.807) is 0 Å². The molecule has 0 N–H and O–H groups in total. The average molecular weight is 287 g/mol. The van der Waals surface area contributed by atoms with Crippen molar-refractivity contribution in [2.75, 3.05) is 13.6 Å². The molecule has 1 saturated heterocycles. The van der Waals surface area contributed by atoms with Gasteiger partial charge in [0.1, 0.15) is 0 Å². The molecule has 0 amide bonds. The van der Waals surface area contributed by atoms with Gasteiger partial charge in [-0.2, -0.15) is 0 Å². The third-order valence-electron chi connectivity index (χ3n) is 5.42. The number of fused-ring (bicyclic) bond motifs is 1. The lowest BCUT2D eigenvalue weighted by molar-refractivity contribution is -0.0118. The molecule has 0 aromatic heterocycles. The van der Waals surface area contributed by atoms with Crippen LogP contribution >= 0.6 is 0 Å². The van der Waals surface area contributed by atoms with E-state index < -0.39 is 0 Å². The summed E-state index contributed by atoms with van der Waals surface area (Å²) in [6.07, 6.45) is 2.06. The Morgan fingerprint density at radius 1 is 1.19 bits per heavy atom. The summed E-state index contributed by atoms with van der Waals surface area (Å²) in [6, 6.07) is 6.69. The molecule has 1 aromatic rings. The van der Waals surface area contributed by atoms with Crippen LogP contribution in [0.15, 0.2) is 18.2 Å². The van der Waals surface area contributed by atoms with Crippen molar-refractivity contribution in [1.82, 2.24) is 4.90 Å². The fourth-order valence-corrected chi connectivity index (χ4v) is 3.30. The number of rotatable bonds is 2. The highest BCUT2D eigenvalue weighted by Crippen LogP contribution is 2.39. The van der Waals surface area contributed by atoms with E-state index in [1.165, 1.54) is 11.1 Å². The highest BCUT2D eigenvalue weighted by Gasteiger charge is 2.53. The van der Waals surface area contributed by atoms with Gasteiger partial charge in [0.15, 0.2) is 0 Å². The minimum absolute atomic E-state index is 0.228. The highest BCUT2D eigenvalue weighted by molar-refractivity contribution is 6.62. The van der Waals surface area contributed by atoms with Crippen LogP contribution in [0.1, 0.15) is 45.2 Å². The Bertz CT molecular complexity index is 546. The molecule has 0 saturated carbocycles. The van der Waals surface area contributed by atoms with Crippen molar-refractivity contribution in [3.63, 3.8) is 0 Å². The van der Waals surface area contributed by atoms with Crippen LogP contribution < -0.4 is 5.46 Å². The van der Waals surface area contributed by atoms with Gasteiger partial charge in [0.25, 0.3) is 0 Å². The van der Waals surface area contributed by atoms with E-state index in [2.05, 4.69) is 57.8 Å². The topological polar surface area (TPSA) is 21.7 Å². The fourth-order valence-electron chi connectivity index (χ4n) is 3.30. The van der Waals surface area contributed by atoms with Crippen LogP contribution in [0.2, 0.25) is 0 Å². The molecule has 2 heterocycles. The number of hydrogen-bond donors (Lipinski definition) is 0. The Morgan fingerprint density at radius 3 is 2.62 bits per heavy atom. The largest absolute Gasteiger partial charge is 0.494 e. The summed E-state index contributed by atoms with van der Waals surface area (Å²) in [5, 5.41) is 0. The Balaban J connectivity index is 1.86. The van der Waals surface area contributed by atoms with Gasteiger partial charge in [-0.25, -0.2) is 0 Å². The van der Waals surface area contributed by atoms with E-state index in [9.17, 15) is 0 Å². The summed E-state index contributed by atoms with van der Waals surface area (Å²) in [5.74, 6) is 0. The van der Waals surface area contributed by atoms with E-state index in [4.69, 9.17) is 9.31 Å². The minimum atomic E-state index is -0.261. The Labute approximate surface area is 128 Å². The quantitative estimate of drug-likeness (QED) is 0.779. The molecule has 1 fully saturated rings. The van der Waals surface area contributed by atoms with Gasteiger partial charge in [0, 0.05) is 13.1 Å². The molecule has 4 heteroatoms. The third kappa shape index (κ3) is 2.54. The normalized spacial score (nSPS) is 28.7. The van der Waals surface area contributed by atoms with Crippen LogP contribution in [0, 0.1) is 0 Å². The van der Waals surface area contributed by atoms with Gasteiger partial charge in [-0.05, 0) is 57.3 Å². The second-order valence-corrected chi connectivity index (χ2v) is 7.18. The van der Waals surface area contributed by atoms with Crippen molar-refractivity contribution in [3.05, 3.63) is 29.3 Å². The maximum absolute atomic E-state index is 6.28. The summed E-state index contributed by atoms with van der Waals surface area (Å²) in [6.45, 7) is 10.7. The first-order valence-electron chi connectivity index (χ1n) is 8.00. The van der Waals surface area contributed by atoms with Crippen LogP contribution in [-0.2, 0) is 22.3 Å². The first-order chi connectivity index (χ1) is 9.84. The lowest BCUT2D eigenvalue weighted by Gasteiger charge is -2.35. The lowest BCUT2D eigenvalue weighted by Crippen LogP contribution is -2.44. The van der Waals surface area contributed by atoms with Crippen LogP contribution in [0.5, 0.6) is 0 Å². The van der Waals surface area contributed by atoms with Crippen LogP contribution in [0.25, 0.3) is 0 Å². The SMILES string of the molecule is CCC1(C)OB(c2ccc3c(c2)CCN(C)C3)OC1(C)C. The molecule has 2 aliphatic rings. The van der Waals surface area contributed by atoms with Gasteiger partial charge >= 0.3 is 7.12 Å². The predicted molar refractivity (Wildman–Crippen MR) is 86.8 cm³/mol. The average Bonchev–Trinajstić information content (AvgIpc) is 2.69. The van der Waals surface area contributed by atoms with Crippen molar-refractivity contribution in [2.24, 2.45) is 0 Å². The van der Waals surface area contributed by atoms with E-state index >= 15 is 0 Å². The summed E-state index contributed by atoms with van der Waals surface area (Å²) >= 11 is 0. The number of benzene rings is 1. The second kappa shape index (κ2) is 5.11. The molecule has 114 valence electrons. The summed E-state index contributed by atoms with van der Waals surface area (Å²) < 4.78 is 12.5. The molecule has 0 radical (unpaired) electrons. The zero-order chi connectivity index (χ0) is 15.3. The van der Waals surface area contributed by atoms with E-state index in [1.807, 2.05) is 0 Å². The van der Waals surface area contributed by atoms with Crippen molar-refractivity contribution in [2.45, 2.75) is 58.3 Å². The van der Waals surface area contributed by atoms with Gasteiger partial charge in [0.2, 0.25) is 0 Å². The first kappa shape index (κ1) is 15.1. The van der Waals surface area contributed by atoms with Crippen molar-refractivity contribution >= 4 is 12.6 Å². The first-order valence-corrected chi connectivity index (χ1v) is 8.00. The van der Waals surface area contributed by atoms with Crippen molar-refractivity contribution < 1.29 is 9.31 Å². The summed E-state index contributed by atoms with van der Waals surface area (Å²) in [7, 11) is 1.94. The maximum Gasteiger partial charge on any atom is 0.494 e. The fraction of sp³-hybridized carbons (Fsp3) is 0.647. The Hall–Kier alpha value is -0.835. The molecule has 3 rings (SSSR count). The minimum Gasteiger partial charge on any atom is -0.399 e. The van der Waals surface area contributed by atoms with Crippen molar-refractivity contribution in [3.8, 4) is 0 Å². The number of nitrogens with zero attached hydrogens (tertiary/aromatic N) is 1. The smallest absolute Gasteiger partial charge is 0.399 e. The third-order valence-corrected chi connectivity index (χ3v) is 5.42. The molecule has 1 aromatic carbocycles. The Kier molecular flexibility index (Phi) is 3.67. The van der Waals surface area contributed by atoms with Crippen molar-refractivity contribution in [1.29, 1.82) is 0 Å². The zero-order valence-corrected chi connectivity index (χ0v) is 13.9. The van der Waals surface area contributed by atoms with E-state index in [0.29, 0.717) is 0 Å². The van der Waals surface area contributed by atoms with Crippen LogP contribution in [0.3, 0.4) is 0 Å². The van der Waals surface area contributed by atoms with Gasteiger partial charge in [-0.15, -0.1) is 0 Å². The molecule has 0 aliphatic carbocycles. The van der Waals surface area contributed by atoms with Gasteiger partial charge < -0.3 is 14.2 Å². The number of hydrogen-bond acceptors (Lipinski definition) is 3. The molecular weight excluding hydrogens is 261 g/mol. The van der Waals surface area contributed by atoms with Crippen LogP contribution in [-0.4, -0.2) is 36.8 Å². The molecule has 1 unspecified atom stereocenters. The molecular formula is C17H26BNO2. The van der Waals surface area contributed by atoms with Gasteiger partial charge in [0.05, 0.1) is 11.2 Å². The molecule has 0 bridgehead atoms.